The van der Waals surface area contributed by atoms with E-state index in [9.17, 15) is 4.79 Å². The number of aromatic nitrogens is 3. The number of rotatable bonds is 2. The number of carboxylic acid groups (broad SMARTS) is 1. The summed E-state index contributed by atoms with van der Waals surface area (Å²) >= 11 is 0. The molecular weight excluding hydrogens is 234 g/mol. The highest BCUT2D eigenvalue weighted by Gasteiger charge is 2.19. The Bertz CT molecular complexity index is 587. The van der Waals surface area contributed by atoms with Crippen molar-refractivity contribution in [2.45, 2.75) is 18.8 Å². The van der Waals surface area contributed by atoms with Gasteiger partial charge in [-0.1, -0.05) is 0 Å². The quantitative estimate of drug-likeness (QED) is 0.866. The lowest BCUT2D eigenvalue weighted by molar-refractivity contribution is 0.0698. The molecule has 94 valence electrons. The zero-order valence-corrected chi connectivity index (χ0v) is 9.74. The second-order valence-electron chi connectivity index (χ2n) is 4.40. The Labute approximate surface area is 103 Å². The highest BCUT2D eigenvalue weighted by molar-refractivity contribution is 5.94. The predicted octanol–water partition coefficient (Wildman–Crippen LogP) is 1.32. The van der Waals surface area contributed by atoms with Gasteiger partial charge in [-0.2, -0.15) is 5.10 Å². The minimum Gasteiger partial charge on any atom is -0.477 e. The van der Waals surface area contributed by atoms with E-state index in [2.05, 4.69) is 10.1 Å². The Hall–Kier alpha value is -1.95. The van der Waals surface area contributed by atoms with Crippen LogP contribution in [-0.4, -0.2) is 38.9 Å². The summed E-state index contributed by atoms with van der Waals surface area (Å²) in [6.07, 6.45) is 5.12. The highest BCUT2D eigenvalue weighted by atomic mass is 16.5. The van der Waals surface area contributed by atoms with Gasteiger partial charge < -0.3 is 9.84 Å². The molecule has 3 heterocycles. The molecule has 6 nitrogen and oxygen atoms in total. The first-order valence-corrected chi connectivity index (χ1v) is 5.91. The number of hydrogen-bond donors (Lipinski definition) is 1. The molecular formula is C12H13N3O3. The van der Waals surface area contributed by atoms with E-state index in [1.54, 1.807) is 6.20 Å². The van der Waals surface area contributed by atoms with Crippen molar-refractivity contribution in [1.82, 2.24) is 14.6 Å². The third-order valence-electron chi connectivity index (χ3n) is 3.20. The van der Waals surface area contributed by atoms with Gasteiger partial charge in [-0.3, -0.25) is 0 Å². The van der Waals surface area contributed by atoms with Crippen molar-refractivity contribution >= 4 is 11.6 Å². The van der Waals surface area contributed by atoms with Gasteiger partial charge in [0.2, 0.25) is 0 Å². The molecule has 0 radical (unpaired) electrons. The molecule has 1 fully saturated rings. The maximum absolute atomic E-state index is 11.0. The summed E-state index contributed by atoms with van der Waals surface area (Å²) in [6, 6.07) is 1.88. The largest absolute Gasteiger partial charge is 0.477 e. The zero-order valence-electron chi connectivity index (χ0n) is 9.74. The molecule has 0 aliphatic carbocycles. The Morgan fingerprint density at radius 3 is 3.17 bits per heavy atom. The van der Waals surface area contributed by atoms with E-state index in [-0.39, 0.29) is 11.5 Å². The Morgan fingerprint density at radius 1 is 1.56 bits per heavy atom. The molecule has 18 heavy (non-hydrogen) atoms. The zero-order chi connectivity index (χ0) is 12.5. The molecule has 6 heteroatoms. The minimum absolute atomic E-state index is 0.133. The van der Waals surface area contributed by atoms with Crippen LogP contribution >= 0.6 is 0 Å². The fourth-order valence-corrected chi connectivity index (χ4v) is 2.24. The highest BCUT2D eigenvalue weighted by Crippen LogP contribution is 2.24. The van der Waals surface area contributed by atoms with E-state index in [1.807, 2.05) is 6.07 Å². The summed E-state index contributed by atoms with van der Waals surface area (Å²) in [5.41, 5.74) is 1.41. The van der Waals surface area contributed by atoms with Gasteiger partial charge in [0.25, 0.3) is 0 Å². The predicted molar refractivity (Wildman–Crippen MR) is 62.7 cm³/mol. The lowest BCUT2D eigenvalue weighted by Gasteiger charge is -2.21. The molecule has 3 rings (SSSR count). The van der Waals surface area contributed by atoms with Gasteiger partial charge in [0.15, 0.2) is 5.65 Å². The van der Waals surface area contributed by atoms with Crippen LogP contribution in [0.4, 0.5) is 0 Å². The van der Waals surface area contributed by atoms with Crippen molar-refractivity contribution in [3.8, 4) is 0 Å². The summed E-state index contributed by atoms with van der Waals surface area (Å²) < 4.78 is 6.91. The van der Waals surface area contributed by atoms with Gasteiger partial charge in [-0.25, -0.2) is 14.3 Å². The van der Waals surface area contributed by atoms with Gasteiger partial charge >= 0.3 is 5.97 Å². The molecule has 1 aliphatic rings. The minimum atomic E-state index is -1.01. The molecule has 1 unspecified atom stereocenters. The molecule has 0 spiro atoms. The van der Waals surface area contributed by atoms with Crippen molar-refractivity contribution in [3.05, 3.63) is 29.7 Å². The fourth-order valence-electron chi connectivity index (χ4n) is 2.24. The van der Waals surface area contributed by atoms with Gasteiger partial charge in [-0.15, -0.1) is 0 Å². The smallest absolute Gasteiger partial charge is 0.341 e. The standard InChI is InChI=1S/C12H13N3O3/c16-12(17)9-6-13-15-4-3-10(14-11(9)15)8-2-1-5-18-7-8/h3-4,6,8H,1-2,5,7H2,(H,16,17). The number of fused-ring (bicyclic) bond motifs is 1. The molecule has 0 amide bonds. The molecule has 0 aromatic carbocycles. The number of hydrogen-bond acceptors (Lipinski definition) is 4. The molecule has 1 saturated heterocycles. The number of ether oxygens (including phenoxy) is 1. The van der Waals surface area contributed by atoms with E-state index < -0.39 is 5.97 Å². The van der Waals surface area contributed by atoms with Crippen LogP contribution in [0, 0.1) is 0 Å². The summed E-state index contributed by atoms with van der Waals surface area (Å²) in [5.74, 6) is -0.755. The van der Waals surface area contributed by atoms with E-state index in [0.29, 0.717) is 12.3 Å². The molecule has 1 atom stereocenters. The molecule has 1 aliphatic heterocycles. The monoisotopic (exact) mass is 247 g/mol. The van der Waals surface area contributed by atoms with Crippen molar-refractivity contribution in [1.29, 1.82) is 0 Å². The van der Waals surface area contributed by atoms with Crippen LogP contribution < -0.4 is 0 Å². The van der Waals surface area contributed by atoms with Gasteiger partial charge in [0, 0.05) is 24.4 Å². The van der Waals surface area contributed by atoms with Crippen LogP contribution in [0.15, 0.2) is 18.5 Å². The van der Waals surface area contributed by atoms with Crippen molar-refractivity contribution in [3.63, 3.8) is 0 Å². The average molecular weight is 247 g/mol. The fraction of sp³-hybridized carbons (Fsp3) is 0.417. The first kappa shape index (κ1) is 11.2. The molecule has 2 aromatic rings. The summed E-state index contributed by atoms with van der Waals surface area (Å²) in [4.78, 5) is 15.5. The van der Waals surface area contributed by atoms with Crippen LogP contribution in [0.3, 0.4) is 0 Å². The first-order valence-electron chi connectivity index (χ1n) is 5.91. The van der Waals surface area contributed by atoms with Crippen LogP contribution in [0.2, 0.25) is 0 Å². The number of carbonyl (C=O) groups is 1. The molecule has 0 saturated carbocycles. The number of aromatic carboxylic acids is 1. The third-order valence-corrected chi connectivity index (χ3v) is 3.20. The Balaban J connectivity index is 2.03. The molecule has 1 N–H and O–H groups in total. The van der Waals surface area contributed by atoms with Crippen LogP contribution in [-0.2, 0) is 4.74 Å². The van der Waals surface area contributed by atoms with Gasteiger partial charge in [0.05, 0.1) is 12.8 Å². The number of carboxylic acids is 1. The lowest BCUT2D eigenvalue weighted by atomic mass is 9.98. The van der Waals surface area contributed by atoms with E-state index in [0.717, 1.165) is 25.1 Å². The summed E-state index contributed by atoms with van der Waals surface area (Å²) in [6.45, 7) is 1.45. The van der Waals surface area contributed by atoms with Crippen molar-refractivity contribution in [2.24, 2.45) is 0 Å². The summed E-state index contributed by atoms with van der Waals surface area (Å²) in [5, 5.41) is 13.0. The normalized spacial score (nSPS) is 20.1. The van der Waals surface area contributed by atoms with Crippen LogP contribution in [0.5, 0.6) is 0 Å². The van der Waals surface area contributed by atoms with Crippen molar-refractivity contribution in [2.75, 3.05) is 13.2 Å². The Morgan fingerprint density at radius 2 is 2.44 bits per heavy atom. The average Bonchev–Trinajstić information content (AvgIpc) is 2.82. The van der Waals surface area contributed by atoms with Crippen LogP contribution in [0.1, 0.15) is 34.8 Å². The maximum atomic E-state index is 11.0. The maximum Gasteiger partial charge on any atom is 0.341 e. The second-order valence-corrected chi connectivity index (χ2v) is 4.40. The number of nitrogens with zero attached hydrogens (tertiary/aromatic N) is 3. The van der Waals surface area contributed by atoms with Crippen molar-refractivity contribution < 1.29 is 14.6 Å². The molecule has 2 aromatic heterocycles. The van der Waals surface area contributed by atoms with Crippen LogP contribution in [0.25, 0.3) is 5.65 Å². The topological polar surface area (TPSA) is 76.7 Å². The lowest BCUT2D eigenvalue weighted by Crippen LogP contribution is -2.17. The van der Waals surface area contributed by atoms with E-state index >= 15 is 0 Å². The van der Waals surface area contributed by atoms with Gasteiger partial charge in [-0.05, 0) is 18.9 Å². The van der Waals surface area contributed by atoms with E-state index in [1.165, 1.54) is 10.7 Å². The van der Waals surface area contributed by atoms with Gasteiger partial charge in [0.1, 0.15) is 5.56 Å². The first-order chi connectivity index (χ1) is 8.75. The third kappa shape index (κ3) is 1.84. The Kier molecular flexibility index (Phi) is 2.71. The van der Waals surface area contributed by atoms with E-state index in [4.69, 9.17) is 9.84 Å². The summed E-state index contributed by atoms with van der Waals surface area (Å²) in [7, 11) is 0. The molecule has 0 bridgehead atoms. The SMILES string of the molecule is O=C(O)c1cnn2ccc(C3CCCOC3)nc12. The second kappa shape index (κ2) is 4.38.